The minimum absolute atomic E-state index is 0.179. The molecule has 1 amide bonds. The topological polar surface area (TPSA) is 60.3 Å². The maximum Gasteiger partial charge on any atom is 0.235 e. The van der Waals surface area contributed by atoms with Gasteiger partial charge in [-0.1, -0.05) is 48.3 Å². The van der Waals surface area contributed by atoms with E-state index in [0.717, 1.165) is 25.9 Å². The lowest BCUT2D eigenvalue weighted by atomic mass is 10.2. The van der Waals surface area contributed by atoms with Crippen LogP contribution in [0.1, 0.15) is 38.4 Å². The maximum atomic E-state index is 12.7. The zero-order valence-corrected chi connectivity index (χ0v) is 17.3. The molecule has 1 aromatic carbocycles. The number of hydrogen-bond acceptors (Lipinski definition) is 5. The third-order valence-electron chi connectivity index (χ3n) is 4.67. The Bertz CT molecular complexity index is 775. The number of hydrogen-bond donors (Lipinski definition) is 0. The molecule has 0 spiro atoms. The monoisotopic (exact) mass is 408 g/mol. The van der Waals surface area contributed by atoms with Gasteiger partial charge >= 0.3 is 0 Å². The summed E-state index contributed by atoms with van der Waals surface area (Å²) >= 11 is 7.55. The molecular formula is C19H25ClN4O2S. The molecule has 27 heavy (non-hydrogen) atoms. The molecule has 3 rings (SSSR count). The molecule has 0 radical (unpaired) electrons. The molecular weight excluding hydrogens is 384 g/mol. The maximum absolute atomic E-state index is 12.7. The summed E-state index contributed by atoms with van der Waals surface area (Å²) in [5.74, 6) is 1.48. The van der Waals surface area contributed by atoms with Crippen LogP contribution in [0, 0.1) is 0 Å². The molecule has 8 heteroatoms. The van der Waals surface area contributed by atoms with Gasteiger partial charge in [-0.2, -0.15) is 0 Å². The second kappa shape index (κ2) is 9.46. The first-order valence-corrected chi connectivity index (χ1v) is 10.5. The summed E-state index contributed by atoms with van der Waals surface area (Å²) < 4.78 is 7.61. The molecule has 0 bridgehead atoms. The van der Waals surface area contributed by atoms with Gasteiger partial charge in [0.1, 0.15) is 12.4 Å². The quantitative estimate of drug-likeness (QED) is 0.677. The second-order valence-corrected chi connectivity index (χ2v) is 8.39. The third-order valence-corrected chi connectivity index (χ3v) is 6.10. The van der Waals surface area contributed by atoms with E-state index in [1.165, 1.54) is 24.6 Å². The molecule has 6 nitrogen and oxygen atoms in total. The average molecular weight is 409 g/mol. The number of aromatic nitrogens is 3. The fourth-order valence-electron chi connectivity index (χ4n) is 3.03. The van der Waals surface area contributed by atoms with Gasteiger partial charge < -0.3 is 14.2 Å². The minimum atomic E-state index is -0.191. The number of halogens is 1. The van der Waals surface area contributed by atoms with Crippen molar-refractivity contribution in [2.24, 2.45) is 7.05 Å². The number of nitrogens with zero attached hydrogens (tertiary/aromatic N) is 4. The van der Waals surface area contributed by atoms with Gasteiger partial charge in [0.25, 0.3) is 0 Å². The predicted molar refractivity (Wildman–Crippen MR) is 107 cm³/mol. The van der Waals surface area contributed by atoms with E-state index in [2.05, 4.69) is 10.2 Å². The van der Waals surface area contributed by atoms with Crippen molar-refractivity contribution in [2.45, 2.75) is 49.6 Å². The van der Waals surface area contributed by atoms with Crippen LogP contribution in [0.5, 0.6) is 5.75 Å². The second-order valence-electron chi connectivity index (χ2n) is 6.68. The van der Waals surface area contributed by atoms with Gasteiger partial charge in [-0.15, -0.1) is 10.2 Å². The van der Waals surface area contributed by atoms with Crippen molar-refractivity contribution >= 4 is 29.3 Å². The number of carbonyl (C=O) groups is 1. The van der Waals surface area contributed by atoms with Crippen molar-refractivity contribution in [3.05, 3.63) is 35.1 Å². The minimum Gasteiger partial charge on any atom is -0.484 e. The van der Waals surface area contributed by atoms with Gasteiger partial charge in [0, 0.05) is 20.1 Å². The smallest absolute Gasteiger partial charge is 0.235 e. The Kier molecular flexibility index (Phi) is 7.01. The first-order chi connectivity index (χ1) is 13.1. The number of rotatable bonds is 6. The van der Waals surface area contributed by atoms with E-state index in [-0.39, 0.29) is 17.8 Å². The number of ether oxygens (including phenoxy) is 1. The molecule has 1 aliphatic rings. The number of para-hydroxylation sites is 1. The molecule has 1 fully saturated rings. The first-order valence-electron chi connectivity index (χ1n) is 9.27. The Labute approximate surface area is 169 Å². The van der Waals surface area contributed by atoms with E-state index in [1.54, 1.807) is 6.07 Å². The lowest BCUT2D eigenvalue weighted by Crippen LogP contribution is -2.37. The Morgan fingerprint density at radius 2 is 1.93 bits per heavy atom. The van der Waals surface area contributed by atoms with Crippen LogP contribution in [0.15, 0.2) is 29.4 Å². The fourth-order valence-corrected chi connectivity index (χ4v) is 4.14. The van der Waals surface area contributed by atoms with Crippen LogP contribution >= 0.6 is 23.4 Å². The molecule has 1 atom stereocenters. The average Bonchev–Trinajstić information content (AvgIpc) is 2.88. The van der Waals surface area contributed by atoms with Gasteiger partial charge in [0.15, 0.2) is 11.0 Å². The SMILES string of the molecule is CC(Sc1nnc(COc2ccccc2Cl)n1C)C(=O)N1CCCCCC1. The van der Waals surface area contributed by atoms with Crippen molar-refractivity contribution < 1.29 is 9.53 Å². The molecule has 2 aromatic rings. The number of likely N-dealkylation sites (tertiary alicyclic amines) is 1. The molecule has 2 heterocycles. The van der Waals surface area contributed by atoms with Gasteiger partial charge in [-0.25, -0.2) is 0 Å². The predicted octanol–water partition coefficient (Wildman–Crippen LogP) is 3.93. The van der Waals surface area contributed by atoms with E-state index >= 15 is 0 Å². The van der Waals surface area contributed by atoms with Gasteiger partial charge in [0.2, 0.25) is 5.91 Å². The highest BCUT2D eigenvalue weighted by molar-refractivity contribution is 8.00. The lowest BCUT2D eigenvalue weighted by molar-refractivity contribution is -0.130. The largest absolute Gasteiger partial charge is 0.484 e. The molecule has 146 valence electrons. The van der Waals surface area contributed by atoms with Crippen LogP contribution in [0.25, 0.3) is 0 Å². The van der Waals surface area contributed by atoms with E-state index in [4.69, 9.17) is 16.3 Å². The highest BCUT2D eigenvalue weighted by atomic mass is 35.5. The van der Waals surface area contributed by atoms with Gasteiger partial charge in [0.05, 0.1) is 10.3 Å². The molecule has 0 saturated carbocycles. The lowest BCUT2D eigenvalue weighted by Gasteiger charge is -2.23. The molecule has 1 aliphatic heterocycles. The summed E-state index contributed by atoms with van der Waals surface area (Å²) in [6.07, 6.45) is 4.61. The first kappa shape index (κ1) is 20.0. The standard InChI is InChI=1S/C19H25ClN4O2S/c1-14(18(25)24-11-7-3-4-8-12-24)27-19-22-21-17(23(19)2)13-26-16-10-6-5-9-15(16)20/h5-6,9-10,14H,3-4,7-8,11-13H2,1-2H3. The highest BCUT2D eigenvalue weighted by Crippen LogP contribution is 2.26. The van der Waals surface area contributed by atoms with E-state index < -0.39 is 0 Å². The third kappa shape index (κ3) is 5.17. The van der Waals surface area contributed by atoms with Crippen molar-refractivity contribution in [1.29, 1.82) is 0 Å². The van der Waals surface area contributed by atoms with Crippen LogP contribution in [0.2, 0.25) is 5.02 Å². The van der Waals surface area contributed by atoms with Crippen molar-refractivity contribution in [3.8, 4) is 5.75 Å². The molecule has 1 saturated heterocycles. The summed E-state index contributed by atoms with van der Waals surface area (Å²) in [5, 5.41) is 9.51. The summed E-state index contributed by atoms with van der Waals surface area (Å²) in [4.78, 5) is 14.7. The number of benzene rings is 1. The van der Waals surface area contributed by atoms with E-state index in [0.29, 0.717) is 21.8 Å². The number of thioether (sulfide) groups is 1. The summed E-state index contributed by atoms with van der Waals surface area (Å²) in [6, 6.07) is 7.32. The van der Waals surface area contributed by atoms with Crippen LogP contribution in [-0.2, 0) is 18.4 Å². The summed E-state index contributed by atoms with van der Waals surface area (Å²) in [5.41, 5.74) is 0. The zero-order chi connectivity index (χ0) is 19.2. The van der Waals surface area contributed by atoms with Gasteiger partial charge in [-0.3, -0.25) is 4.79 Å². The van der Waals surface area contributed by atoms with Gasteiger partial charge in [-0.05, 0) is 31.9 Å². The summed E-state index contributed by atoms with van der Waals surface area (Å²) in [6.45, 7) is 3.92. The van der Waals surface area contributed by atoms with Crippen LogP contribution in [-0.4, -0.2) is 43.9 Å². The van der Waals surface area contributed by atoms with Crippen molar-refractivity contribution in [1.82, 2.24) is 19.7 Å². The number of amides is 1. The molecule has 0 aliphatic carbocycles. The fraction of sp³-hybridized carbons (Fsp3) is 0.526. The Morgan fingerprint density at radius 1 is 1.22 bits per heavy atom. The molecule has 0 N–H and O–H groups in total. The van der Waals surface area contributed by atoms with Crippen molar-refractivity contribution in [3.63, 3.8) is 0 Å². The molecule has 1 unspecified atom stereocenters. The van der Waals surface area contributed by atoms with Crippen LogP contribution in [0.3, 0.4) is 0 Å². The Balaban J connectivity index is 1.59. The van der Waals surface area contributed by atoms with E-state index in [9.17, 15) is 4.79 Å². The summed E-state index contributed by atoms with van der Waals surface area (Å²) in [7, 11) is 1.89. The zero-order valence-electron chi connectivity index (χ0n) is 15.7. The van der Waals surface area contributed by atoms with Crippen molar-refractivity contribution in [2.75, 3.05) is 13.1 Å². The Hall–Kier alpha value is -1.73. The van der Waals surface area contributed by atoms with E-state index in [1.807, 2.05) is 41.6 Å². The number of carbonyl (C=O) groups excluding carboxylic acids is 1. The molecule has 1 aromatic heterocycles. The normalized spacial score (nSPS) is 16.0. The highest BCUT2D eigenvalue weighted by Gasteiger charge is 2.24. The van der Waals surface area contributed by atoms with Crippen LogP contribution < -0.4 is 4.74 Å². The Morgan fingerprint density at radius 3 is 2.63 bits per heavy atom. The van der Waals surface area contributed by atoms with Crippen LogP contribution in [0.4, 0.5) is 0 Å².